The maximum absolute atomic E-state index is 12.5. The first-order valence-electron chi connectivity index (χ1n) is 9.22. The summed E-state index contributed by atoms with van der Waals surface area (Å²) in [4.78, 5) is 24.5. The molecule has 4 nitrogen and oxygen atoms in total. The summed E-state index contributed by atoms with van der Waals surface area (Å²) in [5.74, 6) is -0.664. The van der Waals surface area contributed by atoms with Crippen LogP contribution < -0.4 is 5.32 Å². The fraction of sp³-hybridized carbons (Fsp3) is 0.167. The van der Waals surface area contributed by atoms with Gasteiger partial charge in [-0.3, -0.25) is 4.79 Å². The van der Waals surface area contributed by atoms with Crippen LogP contribution >= 0.6 is 0 Å². The third kappa shape index (κ3) is 5.30. The molecular weight excluding hydrogens is 350 g/mol. The Morgan fingerprint density at radius 1 is 0.964 bits per heavy atom. The molecule has 0 saturated carbocycles. The lowest BCUT2D eigenvalue weighted by Gasteiger charge is -2.15. The number of rotatable bonds is 7. The number of nitrogens with one attached hydrogen (secondary N) is 1. The van der Waals surface area contributed by atoms with Crippen molar-refractivity contribution in [2.45, 2.75) is 18.9 Å². The minimum atomic E-state index is -0.710. The molecule has 3 aromatic rings. The lowest BCUT2D eigenvalue weighted by atomic mass is 10.0. The topological polar surface area (TPSA) is 55.4 Å². The van der Waals surface area contributed by atoms with Crippen LogP contribution in [0.4, 0.5) is 0 Å². The maximum atomic E-state index is 12.5. The average molecular weight is 373 g/mol. The number of benzene rings is 3. The van der Waals surface area contributed by atoms with E-state index in [-0.39, 0.29) is 12.3 Å². The van der Waals surface area contributed by atoms with Crippen molar-refractivity contribution in [2.24, 2.45) is 0 Å². The lowest BCUT2D eigenvalue weighted by Crippen LogP contribution is -2.41. The Balaban J connectivity index is 1.63. The monoisotopic (exact) mass is 373 g/mol. The van der Waals surface area contributed by atoms with Crippen molar-refractivity contribution in [3.05, 3.63) is 90.0 Å². The molecule has 1 atom stereocenters. The molecule has 3 rings (SSSR count). The van der Waals surface area contributed by atoms with Gasteiger partial charge in [0.25, 0.3) is 0 Å². The van der Waals surface area contributed by atoms with Gasteiger partial charge in [0, 0.05) is 0 Å². The first kappa shape index (κ1) is 19.4. The van der Waals surface area contributed by atoms with Crippen molar-refractivity contribution in [1.29, 1.82) is 0 Å². The molecule has 0 fully saturated rings. The van der Waals surface area contributed by atoms with Gasteiger partial charge in [0.05, 0.1) is 13.5 Å². The van der Waals surface area contributed by atoms with Gasteiger partial charge in [-0.15, -0.1) is 0 Å². The van der Waals surface area contributed by atoms with Gasteiger partial charge in [0.2, 0.25) is 5.91 Å². The lowest BCUT2D eigenvalue weighted by molar-refractivity contribution is -0.144. The van der Waals surface area contributed by atoms with Gasteiger partial charge < -0.3 is 10.1 Å². The fourth-order valence-electron chi connectivity index (χ4n) is 3.04. The van der Waals surface area contributed by atoms with E-state index in [9.17, 15) is 9.59 Å². The Labute approximate surface area is 164 Å². The van der Waals surface area contributed by atoms with Crippen LogP contribution in [0.2, 0.25) is 0 Å². The number of carbonyl (C=O) groups excluding carboxylic acids is 2. The summed E-state index contributed by atoms with van der Waals surface area (Å²) in [5.41, 5.74) is 1.94. The molecule has 0 heterocycles. The molecule has 0 saturated heterocycles. The van der Waals surface area contributed by atoms with E-state index in [0.717, 1.165) is 21.9 Å². The van der Waals surface area contributed by atoms with E-state index >= 15 is 0 Å². The molecule has 142 valence electrons. The Morgan fingerprint density at radius 2 is 1.68 bits per heavy atom. The standard InChI is InChI=1S/C24H23NO3/c1-28-24(27)22(13-7-10-18-8-3-2-4-9-18)25-23(26)17-19-14-15-20-11-5-6-12-21(20)16-19/h2-12,14-16,22H,13,17H2,1H3,(H,25,26)/b10-7+/t22-/m0/s1. The summed E-state index contributed by atoms with van der Waals surface area (Å²) in [7, 11) is 1.33. The molecule has 0 aliphatic rings. The second-order valence-corrected chi connectivity index (χ2v) is 6.55. The molecule has 1 N–H and O–H groups in total. The van der Waals surface area contributed by atoms with E-state index in [0.29, 0.717) is 6.42 Å². The van der Waals surface area contributed by atoms with Crippen molar-refractivity contribution in [2.75, 3.05) is 7.11 Å². The summed E-state index contributed by atoms with van der Waals surface area (Å²) in [6.45, 7) is 0. The number of hydrogen-bond acceptors (Lipinski definition) is 3. The van der Waals surface area contributed by atoms with Gasteiger partial charge in [-0.1, -0.05) is 84.9 Å². The van der Waals surface area contributed by atoms with Crippen molar-refractivity contribution < 1.29 is 14.3 Å². The van der Waals surface area contributed by atoms with E-state index in [4.69, 9.17) is 4.74 Å². The minimum Gasteiger partial charge on any atom is -0.467 e. The predicted molar refractivity (Wildman–Crippen MR) is 112 cm³/mol. The molecule has 1 amide bonds. The smallest absolute Gasteiger partial charge is 0.328 e. The Kier molecular flexibility index (Phi) is 6.58. The number of esters is 1. The van der Waals surface area contributed by atoms with Gasteiger partial charge in [0.1, 0.15) is 6.04 Å². The third-order valence-electron chi connectivity index (χ3n) is 4.48. The molecular formula is C24H23NO3. The summed E-state index contributed by atoms with van der Waals surface area (Å²) < 4.78 is 4.84. The van der Waals surface area contributed by atoms with Gasteiger partial charge >= 0.3 is 5.97 Å². The van der Waals surface area contributed by atoms with Crippen LogP contribution in [0.1, 0.15) is 17.5 Å². The summed E-state index contributed by atoms with van der Waals surface area (Å²) in [6, 6.07) is 23.0. The van der Waals surface area contributed by atoms with Crippen LogP contribution in [0.15, 0.2) is 78.9 Å². The number of ether oxygens (including phenoxy) is 1. The van der Waals surface area contributed by atoms with Gasteiger partial charge in [-0.25, -0.2) is 4.79 Å². The molecule has 0 aliphatic carbocycles. The van der Waals surface area contributed by atoms with Crippen molar-refractivity contribution in [1.82, 2.24) is 5.32 Å². The molecule has 0 unspecified atom stereocenters. The number of hydrogen-bond donors (Lipinski definition) is 1. The molecule has 28 heavy (non-hydrogen) atoms. The molecule has 0 spiro atoms. The van der Waals surface area contributed by atoms with Crippen molar-refractivity contribution in [3.63, 3.8) is 0 Å². The fourth-order valence-corrected chi connectivity index (χ4v) is 3.04. The SMILES string of the molecule is COC(=O)[C@H](C/C=C/c1ccccc1)NC(=O)Cc1ccc2ccccc2c1. The highest BCUT2D eigenvalue weighted by molar-refractivity contribution is 5.88. The van der Waals surface area contributed by atoms with Crippen LogP contribution in [-0.2, 0) is 20.7 Å². The van der Waals surface area contributed by atoms with Crippen LogP contribution in [-0.4, -0.2) is 25.0 Å². The predicted octanol–water partition coefficient (Wildman–Crippen LogP) is 4.14. The number of carbonyl (C=O) groups is 2. The van der Waals surface area contributed by atoms with Crippen LogP contribution in [0.25, 0.3) is 16.8 Å². The van der Waals surface area contributed by atoms with Gasteiger partial charge in [0.15, 0.2) is 0 Å². The molecule has 4 heteroatoms. The van der Waals surface area contributed by atoms with Crippen LogP contribution in [0.3, 0.4) is 0 Å². The minimum absolute atomic E-state index is 0.209. The molecule has 0 bridgehead atoms. The molecule has 3 aromatic carbocycles. The summed E-state index contributed by atoms with van der Waals surface area (Å²) in [6.07, 6.45) is 4.37. The van der Waals surface area contributed by atoms with E-state index in [2.05, 4.69) is 5.32 Å². The Morgan fingerprint density at radius 3 is 2.43 bits per heavy atom. The third-order valence-corrected chi connectivity index (χ3v) is 4.48. The van der Waals surface area contributed by atoms with E-state index in [1.807, 2.05) is 84.9 Å². The summed E-state index contributed by atoms with van der Waals surface area (Å²) >= 11 is 0. The van der Waals surface area contributed by atoms with E-state index < -0.39 is 12.0 Å². The first-order chi connectivity index (χ1) is 13.7. The Hall–Kier alpha value is -3.40. The van der Waals surface area contributed by atoms with Crippen molar-refractivity contribution in [3.8, 4) is 0 Å². The van der Waals surface area contributed by atoms with Crippen molar-refractivity contribution >= 4 is 28.7 Å². The highest BCUT2D eigenvalue weighted by atomic mass is 16.5. The first-order valence-corrected chi connectivity index (χ1v) is 9.22. The highest BCUT2D eigenvalue weighted by Gasteiger charge is 2.20. The number of fused-ring (bicyclic) bond motifs is 1. The Bertz CT molecular complexity index is 979. The van der Waals surface area contributed by atoms with Gasteiger partial charge in [-0.2, -0.15) is 0 Å². The normalized spacial score (nSPS) is 12.0. The number of methoxy groups -OCH3 is 1. The molecule has 0 aliphatic heterocycles. The zero-order chi connectivity index (χ0) is 19.8. The van der Waals surface area contributed by atoms with Gasteiger partial charge in [-0.05, 0) is 28.3 Å². The molecule has 0 radical (unpaired) electrons. The average Bonchev–Trinajstić information content (AvgIpc) is 2.73. The molecule has 0 aromatic heterocycles. The quantitative estimate of drug-likeness (QED) is 0.633. The van der Waals surface area contributed by atoms with E-state index in [1.165, 1.54) is 7.11 Å². The zero-order valence-electron chi connectivity index (χ0n) is 15.8. The summed E-state index contributed by atoms with van der Waals surface area (Å²) in [5, 5.41) is 5.00. The second-order valence-electron chi connectivity index (χ2n) is 6.55. The largest absolute Gasteiger partial charge is 0.467 e. The highest BCUT2D eigenvalue weighted by Crippen LogP contribution is 2.16. The zero-order valence-corrected chi connectivity index (χ0v) is 15.8. The maximum Gasteiger partial charge on any atom is 0.328 e. The van der Waals surface area contributed by atoms with Crippen LogP contribution in [0, 0.1) is 0 Å². The number of amides is 1. The van der Waals surface area contributed by atoms with E-state index in [1.54, 1.807) is 0 Å². The second kappa shape index (κ2) is 9.51. The van der Waals surface area contributed by atoms with Crippen LogP contribution in [0.5, 0.6) is 0 Å².